The normalized spacial score (nSPS) is 12.6. The zero-order valence-electron chi connectivity index (χ0n) is 11.5. The van der Waals surface area contributed by atoms with Crippen molar-refractivity contribution in [3.63, 3.8) is 0 Å². The van der Waals surface area contributed by atoms with Crippen LogP contribution in [0.3, 0.4) is 0 Å². The smallest absolute Gasteiger partial charge is 0.241 e. The Labute approximate surface area is 116 Å². The third-order valence-corrected chi connectivity index (χ3v) is 3.83. The number of methoxy groups -OCH3 is 2. The van der Waals surface area contributed by atoms with E-state index in [1.807, 2.05) is 14.0 Å². The van der Waals surface area contributed by atoms with Crippen LogP contribution in [0, 0.1) is 0 Å². The van der Waals surface area contributed by atoms with Crippen molar-refractivity contribution < 1.29 is 9.47 Å². The Morgan fingerprint density at radius 1 is 1.47 bits per heavy atom. The predicted octanol–water partition coefficient (Wildman–Crippen LogP) is 1.75. The van der Waals surface area contributed by atoms with Crippen LogP contribution < -0.4 is 15.4 Å². The molecule has 0 spiro atoms. The Morgan fingerprint density at radius 3 is 2.84 bits per heavy atom. The minimum atomic E-state index is 0.132. The Balaban J connectivity index is 2.43. The van der Waals surface area contributed by atoms with E-state index in [4.69, 9.17) is 15.2 Å². The predicted molar refractivity (Wildman–Crippen MR) is 78.1 cm³/mol. The molecule has 2 rings (SSSR count). The van der Waals surface area contributed by atoms with Gasteiger partial charge in [0.25, 0.3) is 0 Å². The number of thiazole rings is 1. The van der Waals surface area contributed by atoms with E-state index in [1.165, 1.54) is 11.3 Å². The summed E-state index contributed by atoms with van der Waals surface area (Å²) in [6, 6.07) is 0. The van der Waals surface area contributed by atoms with Gasteiger partial charge in [-0.2, -0.15) is 0 Å². The third-order valence-electron chi connectivity index (χ3n) is 2.92. The molecule has 6 nitrogen and oxygen atoms in total. The molecule has 7 heteroatoms. The van der Waals surface area contributed by atoms with Crippen molar-refractivity contribution in [3.05, 3.63) is 6.20 Å². The molecule has 0 fully saturated rings. The number of hydrogen-bond donors (Lipinski definition) is 1. The van der Waals surface area contributed by atoms with Crippen molar-refractivity contribution in [2.45, 2.75) is 13.0 Å². The molecule has 0 bridgehead atoms. The van der Waals surface area contributed by atoms with Crippen LogP contribution in [0.2, 0.25) is 0 Å². The third kappa shape index (κ3) is 2.71. The zero-order valence-corrected chi connectivity index (χ0v) is 12.3. The molecule has 1 unspecified atom stereocenters. The number of rotatable bonds is 5. The first kappa shape index (κ1) is 13.8. The molecule has 0 saturated carbocycles. The van der Waals surface area contributed by atoms with Gasteiger partial charge < -0.3 is 20.1 Å². The number of ether oxygens (including phenoxy) is 2. The van der Waals surface area contributed by atoms with Crippen LogP contribution >= 0.6 is 11.3 Å². The maximum atomic E-state index is 5.79. The van der Waals surface area contributed by atoms with E-state index < -0.39 is 0 Å². The van der Waals surface area contributed by atoms with E-state index in [2.05, 4.69) is 14.9 Å². The summed E-state index contributed by atoms with van der Waals surface area (Å²) in [5.41, 5.74) is 7.48. The molecule has 0 saturated heterocycles. The molecule has 0 aliphatic heterocycles. The van der Waals surface area contributed by atoms with Gasteiger partial charge >= 0.3 is 0 Å². The highest BCUT2D eigenvalue weighted by atomic mass is 32.1. The fraction of sp³-hybridized carbons (Fsp3) is 0.500. The van der Waals surface area contributed by atoms with Crippen molar-refractivity contribution >= 4 is 32.4 Å². The highest BCUT2D eigenvalue weighted by Crippen LogP contribution is 2.36. The number of hydrogen-bond acceptors (Lipinski definition) is 7. The van der Waals surface area contributed by atoms with Crippen molar-refractivity contribution in [1.29, 1.82) is 0 Å². The number of likely N-dealkylation sites (N-methyl/N-ethyl adjacent to an activating group) is 1. The monoisotopic (exact) mass is 282 g/mol. The van der Waals surface area contributed by atoms with Gasteiger partial charge in [0.2, 0.25) is 5.88 Å². The lowest BCUT2D eigenvalue weighted by atomic mass is 10.3. The van der Waals surface area contributed by atoms with E-state index in [1.54, 1.807) is 20.4 Å². The molecule has 1 atom stereocenters. The number of nitrogen functional groups attached to an aromatic ring is 1. The van der Waals surface area contributed by atoms with Crippen molar-refractivity contribution in [1.82, 2.24) is 9.97 Å². The second kappa shape index (κ2) is 5.58. The van der Waals surface area contributed by atoms with E-state index in [0.29, 0.717) is 16.5 Å². The number of fused-ring (bicyclic) bond motifs is 1. The SMILES string of the molecule is COc1ncc(N(C)CC(C)OC)c2sc(N)nc12. The lowest BCUT2D eigenvalue weighted by Gasteiger charge is -2.22. The largest absolute Gasteiger partial charge is 0.479 e. The van der Waals surface area contributed by atoms with Crippen molar-refractivity contribution in [2.75, 3.05) is 38.4 Å². The van der Waals surface area contributed by atoms with Crippen LogP contribution in [0.15, 0.2) is 6.20 Å². The van der Waals surface area contributed by atoms with Gasteiger partial charge in [0.1, 0.15) is 5.52 Å². The lowest BCUT2D eigenvalue weighted by Crippen LogP contribution is -2.28. The maximum absolute atomic E-state index is 5.79. The Bertz CT molecular complexity index is 572. The van der Waals surface area contributed by atoms with Crippen LogP contribution in [-0.2, 0) is 4.74 Å². The molecule has 0 aromatic carbocycles. The van der Waals surface area contributed by atoms with E-state index in [-0.39, 0.29) is 6.10 Å². The van der Waals surface area contributed by atoms with Crippen molar-refractivity contribution in [2.24, 2.45) is 0 Å². The average molecular weight is 282 g/mol. The topological polar surface area (TPSA) is 73.5 Å². The fourth-order valence-electron chi connectivity index (χ4n) is 1.87. The number of aromatic nitrogens is 2. The van der Waals surface area contributed by atoms with Crippen LogP contribution in [0.1, 0.15) is 6.92 Å². The summed E-state index contributed by atoms with van der Waals surface area (Å²) >= 11 is 1.44. The molecule has 104 valence electrons. The minimum absolute atomic E-state index is 0.132. The van der Waals surface area contributed by atoms with Gasteiger partial charge in [-0.05, 0) is 6.92 Å². The average Bonchev–Trinajstić information content (AvgIpc) is 2.78. The van der Waals surface area contributed by atoms with Crippen LogP contribution in [-0.4, -0.2) is 43.9 Å². The summed E-state index contributed by atoms with van der Waals surface area (Å²) in [6.45, 7) is 2.78. The van der Waals surface area contributed by atoms with E-state index in [9.17, 15) is 0 Å². The van der Waals surface area contributed by atoms with Gasteiger partial charge in [0.05, 0.1) is 29.8 Å². The summed E-state index contributed by atoms with van der Waals surface area (Å²) in [6.07, 6.45) is 1.91. The molecule has 19 heavy (non-hydrogen) atoms. The molecule has 2 N–H and O–H groups in total. The van der Waals surface area contributed by atoms with Gasteiger partial charge in [-0.25, -0.2) is 9.97 Å². The van der Waals surface area contributed by atoms with Gasteiger partial charge in [-0.3, -0.25) is 0 Å². The first-order valence-electron chi connectivity index (χ1n) is 5.89. The summed E-state index contributed by atoms with van der Waals surface area (Å²) in [5.74, 6) is 0.500. The first-order chi connectivity index (χ1) is 9.06. The molecule has 0 aliphatic rings. The number of anilines is 2. The van der Waals surface area contributed by atoms with E-state index in [0.717, 1.165) is 16.9 Å². The molecule has 0 radical (unpaired) electrons. The van der Waals surface area contributed by atoms with Gasteiger partial charge in [0.15, 0.2) is 5.13 Å². The van der Waals surface area contributed by atoms with Gasteiger partial charge in [-0.15, -0.1) is 0 Å². The summed E-state index contributed by atoms with van der Waals surface area (Å²) in [5, 5.41) is 0.510. The highest BCUT2D eigenvalue weighted by molar-refractivity contribution is 7.22. The summed E-state index contributed by atoms with van der Waals surface area (Å²) in [7, 11) is 5.27. The molecule has 0 amide bonds. The zero-order chi connectivity index (χ0) is 14.0. The second-order valence-electron chi connectivity index (χ2n) is 4.31. The molecular formula is C12H18N4O2S. The van der Waals surface area contributed by atoms with Crippen LogP contribution in [0.25, 0.3) is 10.2 Å². The Hall–Kier alpha value is -1.60. The number of nitrogens with zero attached hydrogens (tertiary/aromatic N) is 3. The van der Waals surface area contributed by atoms with Crippen molar-refractivity contribution in [3.8, 4) is 5.88 Å². The van der Waals surface area contributed by atoms with Crippen LogP contribution in [0.5, 0.6) is 5.88 Å². The summed E-state index contributed by atoms with van der Waals surface area (Å²) < 4.78 is 11.5. The van der Waals surface area contributed by atoms with Gasteiger partial charge in [0, 0.05) is 20.7 Å². The molecule has 2 aromatic heterocycles. The molecular weight excluding hydrogens is 264 g/mol. The Kier molecular flexibility index (Phi) is 4.06. The first-order valence-corrected chi connectivity index (χ1v) is 6.71. The second-order valence-corrected chi connectivity index (χ2v) is 5.34. The molecule has 0 aliphatic carbocycles. The fourth-order valence-corrected chi connectivity index (χ4v) is 2.76. The maximum Gasteiger partial charge on any atom is 0.241 e. The standard InChI is InChI=1S/C12H18N4O2S/c1-7(17-3)6-16(2)8-5-14-11(18-4)9-10(8)19-12(13)15-9/h5,7H,6H2,1-4H3,(H2,13,15). The number of nitrogens with two attached hydrogens (primary N) is 1. The summed E-state index contributed by atoms with van der Waals surface area (Å²) in [4.78, 5) is 10.6. The molecule has 2 heterocycles. The lowest BCUT2D eigenvalue weighted by molar-refractivity contribution is 0.124. The van der Waals surface area contributed by atoms with Gasteiger partial charge in [-0.1, -0.05) is 11.3 Å². The quantitative estimate of drug-likeness (QED) is 0.900. The number of pyridine rings is 1. The van der Waals surface area contributed by atoms with Crippen LogP contribution in [0.4, 0.5) is 10.8 Å². The molecule has 2 aromatic rings. The Morgan fingerprint density at radius 2 is 2.21 bits per heavy atom. The highest BCUT2D eigenvalue weighted by Gasteiger charge is 2.16. The van der Waals surface area contributed by atoms with E-state index >= 15 is 0 Å². The minimum Gasteiger partial charge on any atom is -0.479 e.